The van der Waals surface area contributed by atoms with Crippen molar-refractivity contribution in [2.75, 3.05) is 13.7 Å². The maximum atomic E-state index is 10.0. The molecule has 0 fully saturated rings. The molecule has 4 heteroatoms. The Bertz CT molecular complexity index is 340. The number of nitrogens with zero attached hydrogens (tertiary/aromatic N) is 1. The molecule has 0 bridgehead atoms. The van der Waals surface area contributed by atoms with Gasteiger partial charge in [0.1, 0.15) is 0 Å². The molecule has 17 heavy (non-hydrogen) atoms. The normalized spacial score (nSPS) is 14.4. The first-order valence-corrected chi connectivity index (χ1v) is 6.00. The number of aromatic nitrogens is 1. The van der Waals surface area contributed by atoms with E-state index < -0.39 is 5.60 Å². The highest BCUT2D eigenvalue weighted by Crippen LogP contribution is 2.14. The van der Waals surface area contributed by atoms with E-state index in [1.165, 1.54) is 0 Å². The summed E-state index contributed by atoms with van der Waals surface area (Å²) in [6, 6.07) is 3.84. The molecule has 0 saturated carbocycles. The highest BCUT2D eigenvalue weighted by Gasteiger charge is 2.18. The van der Waals surface area contributed by atoms with Crippen LogP contribution in [-0.4, -0.2) is 29.3 Å². The summed E-state index contributed by atoms with van der Waals surface area (Å²) in [5, 5.41) is 13.2. The van der Waals surface area contributed by atoms with Crippen molar-refractivity contribution in [2.24, 2.45) is 0 Å². The van der Waals surface area contributed by atoms with Crippen molar-refractivity contribution in [3.05, 3.63) is 23.9 Å². The van der Waals surface area contributed by atoms with Crippen LogP contribution in [0, 0.1) is 0 Å². The Balaban J connectivity index is 2.45. The highest BCUT2D eigenvalue weighted by atomic mass is 16.5. The largest absolute Gasteiger partial charge is 0.481 e. The van der Waals surface area contributed by atoms with Crippen molar-refractivity contribution in [3.63, 3.8) is 0 Å². The third kappa shape index (κ3) is 4.71. The Morgan fingerprint density at radius 3 is 2.94 bits per heavy atom. The number of aliphatic hydroxyl groups is 1. The Labute approximate surface area is 103 Å². The number of pyridine rings is 1. The molecule has 1 rings (SSSR count). The summed E-state index contributed by atoms with van der Waals surface area (Å²) < 4.78 is 5.16. The molecule has 1 aromatic rings. The third-order valence-corrected chi connectivity index (χ3v) is 2.65. The number of hydrogen-bond acceptors (Lipinski definition) is 4. The van der Waals surface area contributed by atoms with Crippen LogP contribution in [0.15, 0.2) is 18.3 Å². The van der Waals surface area contributed by atoms with E-state index in [0.717, 1.165) is 18.4 Å². The van der Waals surface area contributed by atoms with Gasteiger partial charge in [0, 0.05) is 24.8 Å². The van der Waals surface area contributed by atoms with Crippen LogP contribution in [0.5, 0.6) is 5.88 Å². The van der Waals surface area contributed by atoms with Crippen molar-refractivity contribution >= 4 is 0 Å². The zero-order chi connectivity index (χ0) is 12.7. The number of methoxy groups -OCH3 is 1. The van der Waals surface area contributed by atoms with E-state index in [0.29, 0.717) is 19.0 Å². The van der Waals surface area contributed by atoms with E-state index in [-0.39, 0.29) is 0 Å². The Kier molecular flexibility index (Phi) is 5.38. The lowest BCUT2D eigenvalue weighted by molar-refractivity contribution is 0.0497. The minimum atomic E-state index is -0.649. The number of nitrogens with one attached hydrogen (secondary N) is 1. The lowest BCUT2D eigenvalue weighted by atomic mass is 10.0. The summed E-state index contributed by atoms with van der Waals surface area (Å²) in [5.74, 6) is 0.634. The molecule has 0 aliphatic rings. The van der Waals surface area contributed by atoms with Crippen LogP contribution in [0.1, 0.15) is 32.3 Å². The van der Waals surface area contributed by atoms with Gasteiger partial charge in [-0.15, -0.1) is 0 Å². The molecule has 4 nitrogen and oxygen atoms in total. The maximum Gasteiger partial charge on any atom is 0.217 e. The topological polar surface area (TPSA) is 54.4 Å². The van der Waals surface area contributed by atoms with Gasteiger partial charge in [-0.3, -0.25) is 0 Å². The van der Waals surface area contributed by atoms with Crippen LogP contribution in [0.4, 0.5) is 0 Å². The van der Waals surface area contributed by atoms with Crippen LogP contribution < -0.4 is 10.1 Å². The van der Waals surface area contributed by atoms with E-state index in [1.807, 2.05) is 19.1 Å². The molecule has 0 aliphatic carbocycles. The minimum Gasteiger partial charge on any atom is -0.481 e. The molecule has 1 unspecified atom stereocenters. The van der Waals surface area contributed by atoms with Crippen LogP contribution in [0.25, 0.3) is 0 Å². The Morgan fingerprint density at radius 2 is 2.29 bits per heavy atom. The van der Waals surface area contributed by atoms with Crippen molar-refractivity contribution in [1.29, 1.82) is 0 Å². The molecule has 1 atom stereocenters. The average molecular weight is 238 g/mol. The van der Waals surface area contributed by atoms with Gasteiger partial charge in [0.15, 0.2) is 0 Å². The number of hydrogen-bond donors (Lipinski definition) is 2. The predicted molar refractivity (Wildman–Crippen MR) is 68.0 cm³/mol. The van der Waals surface area contributed by atoms with Crippen LogP contribution in [0.3, 0.4) is 0 Å². The van der Waals surface area contributed by atoms with Gasteiger partial charge >= 0.3 is 0 Å². The zero-order valence-electron chi connectivity index (χ0n) is 10.9. The molecule has 0 spiro atoms. The van der Waals surface area contributed by atoms with Crippen LogP contribution >= 0.6 is 0 Å². The second-order valence-corrected chi connectivity index (χ2v) is 4.52. The van der Waals surface area contributed by atoms with Gasteiger partial charge in [-0.25, -0.2) is 4.98 Å². The van der Waals surface area contributed by atoms with E-state index in [9.17, 15) is 5.11 Å². The quantitative estimate of drug-likeness (QED) is 0.759. The molecule has 1 heterocycles. The van der Waals surface area contributed by atoms with Crippen molar-refractivity contribution in [1.82, 2.24) is 10.3 Å². The molecule has 0 saturated heterocycles. The lowest BCUT2D eigenvalue weighted by Gasteiger charge is -2.23. The standard InChI is InChI=1S/C13H22N2O2/c1-4-7-13(2,16)10-14-9-11-6-5-8-15-12(11)17-3/h5-6,8,14,16H,4,7,9-10H2,1-3H3. The molecule has 2 N–H and O–H groups in total. The summed E-state index contributed by atoms with van der Waals surface area (Å²) in [5.41, 5.74) is 0.354. The minimum absolute atomic E-state index is 0.568. The van der Waals surface area contributed by atoms with Crippen LogP contribution in [0.2, 0.25) is 0 Å². The van der Waals surface area contributed by atoms with Gasteiger partial charge in [0.05, 0.1) is 12.7 Å². The second-order valence-electron chi connectivity index (χ2n) is 4.52. The van der Waals surface area contributed by atoms with Gasteiger partial charge in [-0.2, -0.15) is 0 Å². The van der Waals surface area contributed by atoms with Crippen molar-refractivity contribution in [2.45, 2.75) is 38.8 Å². The van der Waals surface area contributed by atoms with Gasteiger partial charge in [0.2, 0.25) is 5.88 Å². The first-order valence-electron chi connectivity index (χ1n) is 6.00. The first-order chi connectivity index (χ1) is 8.09. The lowest BCUT2D eigenvalue weighted by Crippen LogP contribution is -2.37. The molecule has 0 aromatic carbocycles. The fourth-order valence-electron chi connectivity index (χ4n) is 1.84. The molecule has 0 aliphatic heterocycles. The number of ether oxygens (including phenoxy) is 1. The zero-order valence-corrected chi connectivity index (χ0v) is 10.9. The smallest absolute Gasteiger partial charge is 0.217 e. The summed E-state index contributed by atoms with van der Waals surface area (Å²) >= 11 is 0. The molecule has 96 valence electrons. The molecule has 0 amide bonds. The van der Waals surface area contributed by atoms with Crippen molar-refractivity contribution < 1.29 is 9.84 Å². The van der Waals surface area contributed by atoms with E-state index in [4.69, 9.17) is 4.74 Å². The molecular weight excluding hydrogens is 216 g/mol. The SMILES string of the molecule is CCCC(C)(O)CNCc1cccnc1OC. The fraction of sp³-hybridized carbons (Fsp3) is 0.615. The first kappa shape index (κ1) is 13.9. The van der Waals surface area contributed by atoms with Gasteiger partial charge in [-0.1, -0.05) is 19.4 Å². The summed E-state index contributed by atoms with van der Waals surface area (Å²) in [7, 11) is 1.61. The Hall–Kier alpha value is -1.13. The Morgan fingerprint density at radius 1 is 1.53 bits per heavy atom. The molecule has 0 radical (unpaired) electrons. The number of rotatable bonds is 7. The third-order valence-electron chi connectivity index (χ3n) is 2.65. The van der Waals surface area contributed by atoms with Crippen LogP contribution in [-0.2, 0) is 6.54 Å². The average Bonchev–Trinajstić information content (AvgIpc) is 2.29. The second kappa shape index (κ2) is 6.57. The fourth-order valence-corrected chi connectivity index (χ4v) is 1.84. The molecular formula is C13H22N2O2. The monoisotopic (exact) mass is 238 g/mol. The summed E-state index contributed by atoms with van der Waals surface area (Å²) in [6.45, 7) is 5.14. The summed E-state index contributed by atoms with van der Waals surface area (Å²) in [4.78, 5) is 4.12. The highest BCUT2D eigenvalue weighted by molar-refractivity contribution is 5.24. The van der Waals surface area contributed by atoms with E-state index in [2.05, 4.69) is 17.2 Å². The van der Waals surface area contributed by atoms with Crippen molar-refractivity contribution in [3.8, 4) is 5.88 Å². The van der Waals surface area contributed by atoms with Gasteiger partial charge in [0.25, 0.3) is 0 Å². The predicted octanol–water partition coefficient (Wildman–Crippen LogP) is 1.73. The van der Waals surface area contributed by atoms with E-state index in [1.54, 1.807) is 13.3 Å². The van der Waals surface area contributed by atoms with Gasteiger partial charge in [-0.05, 0) is 19.4 Å². The molecule has 1 aromatic heterocycles. The maximum absolute atomic E-state index is 10.0. The van der Waals surface area contributed by atoms with Gasteiger partial charge < -0.3 is 15.2 Å². The van der Waals surface area contributed by atoms with E-state index >= 15 is 0 Å². The summed E-state index contributed by atoms with van der Waals surface area (Å²) in [6.07, 6.45) is 3.48.